The minimum atomic E-state index is -1.02. The predicted molar refractivity (Wildman–Crippen MR) is 119 cm³/mol. The summed E-state index contributed by atoms with van der Waals surface area (Å²) in [6.07, 6.45) is -1.02. The maximum atomic E-state index is 13.4. The van der Waals surface area contributed by atoms with Crippen molar-refractivity contribution >= 4 is 16.6 Å². The summed E-state index contributed by atoms with van der Waals surface area (Å²) < 4.78 is 20.2. The number of aliphatic hydroxyl groups is 1. The van der Waals surface area contributed by atoms with Gasteiger partial charge in [0, 0.05) is 16.5 Å². The predicted octanol–water partition coefficient (Wildman–Crippen LogP) is 3.85. The highest BCUT2D eigenvalue weighted by atomic mass is 19.1. The Morgan fingerprint density at radius 1 is 1.06 bits per heavy atom. The Balaban J connectivity index is 1.60. The first kappa shape index (κ1) is 21.4. The number of hydrogen-bond donors (Lipinski definition) is 1. The molecule has 0 aliphatic heterocycles. The molecule has 1 N–H and O–H groups in total. The van der Waals surface area contributed by atoms with Crippen LogP contribution in [0.2, 0.25) is 0 Å². The minimum absolute atomic E-state index is 0.0868. The largest absolute Gasteiger partial charge is 0.491 e. The lowest BCUT2D eigenvalue weighted by Crippen LogP contribution is -2.32. The van der Waals surface area contributed by atoms with Gasteiger partial charge in [-0.05, 0) is 49.4 Å². The molecule has 32 heavy (non-hydrogen) atoms. The summed E-state index contributed by atoms with van der Waals surface area (Å²) in [5.41, 5.74) is 1.34. The molecule has 0 aliphatic carbocycles. The Morgan fingerprint density at radius 3 is 2.50 bits per heavy atom. The third-order valence-electron chi connectivity index (χ3n) is 5.05. The maximum Gasteiger partial charge on any atom is 0.274 e. The van der Waals surface area contributed by atoms with E-state index in [0.717, 1.165) is 0 Å². The zero-order chi connectivity index (χ0) is 22.7. The van der Waals surface area contributed by atoms with Crippen molar-refractivity contribution in [3.05, 3.63) is 94.5 Å². The number of carbonyl (C=O) groups is 1. The first-order chi connectivity index (χ1) is 15.4. The van der Waals surface area contributed by atoms with Crippen molar-refractivity contribution < 1.29 is 19.0 Å². The Hall–Kier alpha value is -3.84. The molecule has 6 nitrogen and oxygen atoms in total. The van der Waals surface area contributed by atoms with Gasteiger partial charge in [-0.25, -0.2) is 9.07 Å². The summed E-state index contributed by atoms with van der Waals surface area (Å²) in [6.45, 7) is 1.28. The molecule has 1 unspecified atom stereocenters. The van der Waals surface area contributed by atoms with Crippen molar-refractivity contribution in [3.8, 4) is 17.0 Å². The molecule has 0 spiro atoms. The van der Waals surface area contributed by atoms with Crippen molar-refractivity contribution in [2.24, 2.45) is 0 Å². The van der Waals surface area contributed by atoms with Crippen molar-refractivity contribution in [2.45, 2.75) is 19.6 Å². The number of benzene rings is 3. The van der Waals surface area contributed by atoms with Gasteiger partial charge in [-0.15, -0.1) is 0 Å². The standard InChI is InChI=1S/C25H21FN2O4/c1-16(29)18-5-4-6-21(13-18)32-15-20(30)14-28-25(31)23-8-3-2-7-22(23)24(27-28)17-9-11-19(26)12-10-17/h2-13,20,30H,14-15H2,1H3. The van der Waals surface area contributed by atoms with Gasteiger partial charge < -0.3 is 9.84 Å². The fourth-order valence-electron chi connectivity index (χ4n) is 3.43. The lowest BCUT2D eigenvalue weighted by molar-refractivity contribution is 0.0881. The van der Waals surface area contributed by atoms with Gasteiger partial charge in [0.05, 0.1) is 17.6 Å². The van der Waals surface area contributed by atoms with E-state index in [0.29, 0.717) is 33.3 Å². The van der Waals surface area contributed by atoms with Crippen LogP contribution in [0.4, 0.5) is 4.39 Å². The molecule has 3 aromatic carbocycles. The van der Waals surface area contributed by atoms with Gasteiger partial charge in [-0.3, -0.25) is 9.59 Å². The Kier molecular flexibility index (Phi) is 6.09. The quantitative estimate of drug-likeness (QED) is 0.449. The van der Waals surface area contributed by atoms with E-state index in [1.165, 1.54) is 23.7 Å². The van der Waals surface area contributed by atoms with Gasteiger partial charge in [0.2, 0.25) is 0 Å². The highest BCUT2D eigenvalue weighted by molar-refractivity contribution is 5.94. The van der Waals surface area contributed by atoms with E-state index in [4.69, 9.17) is 4.74 Å². The molecular weight excluding hydrogens is 411 g/mol. The molecule has 0 bridgehead atoms. The fourth-order valence-corrected chi connectivity index (χ4v) is 3.43. The van der Waals surface area contributed by atoms with Crippen LogP contribution in [0.1, 0.15) is 17.3 Å². The molecule has 4 aromatic rings. The summed E-state index contributed by atoms with van der Waals surface area (Å²) in [5, 5.41) is 16.0. The first-order valence-corrected chi connectivity index (χ1v) is 10.1. The zero-order valence-electron chi connectivity index (χ0n) is 17.4. The lowest BCUT2D eigenvalue weighted by atomic mass is 10.1. The molecule has 0 fully saturated rings. The molecule has 0 radical (unpaired) electrons. The van der Waals surface area contributed by atoms with Crippen molar-refractivity contribution in [1.29, 1.82) is 0 Å². The Bertz CT molecular complexity index is 1330. The van der Waals surface area contributed by atoms with E-state index < -0.39 is 6.10 Å². The molecule has 162 valence electrons. The Labute approximate surface area is 183 Å². The molecule has 4 rings (SSSR count). The number of nitrogens with zero attached hydrogens (tertiary/aromatic N) is 2. The number of aliphatic hydroxyl groups excluding tert-OH is 1. The monoisotopic (exact) mass is 432 g/mol. The highest BCUT2D eigenvalue weighted by Crippen LogP contribution is 2.25. The van der Waals surface area contributed by atoms with E-state index in [1.807, 2.05) is 0 Å². The Morgan fingerprint density at radius 2 is 1.78 bits per heavy atom. The van der Waals surface area contributed by atoms with Crippen LogP contribution in [-0.2, 0) is 6.54 Å². The minimum Gasteiger partial charge on any atom is -0.491 e. The van der Waals surface area contributed by atoms with Crippen LogP contribution in [0, 0.1) is 5.82 Å². The van der Waals surface area contributed by atoms with E-state index in [9.17, 15) is 19.1 Å². The number of fused-ring (bicyclic) bond motifs is 1. The van der Waals surface area contributed by atoms with Crippen LogP contribution in [-0.4, -0.2) is 33.4 Å². The SMILES string of the molecule is CC(=O)c1cccc(OCC(O)Cn2nc(-c3ccc(F)cc3)c3ccccc3c2=O)c1. The molecule has 0 saturated heterocycles. The first-order valence-electron chi connectivity index (χ1n) is 10.1. The molecular formula is C25H21FN2O4. The van der Waals surface area contributed by atoms with Crippen molar-refractivity contribution in [3.63, 3.8) is 0 Å². The number of ketones is 1. The van der Waals surface area contributed by atoms with E-state index in [2.05, 4.69) is 5.10 Å². The fraction of sp³-hybridized carbons (Fsp3) is 0.160. The third-order valence-corrected chi connectivity index (χ3v) is 5.05. The number of aromatic nitrogens is 2. The van der Waals surface area contributed by atoms with Crippen molar-refractivity contribution in [1.82, 2.24) is 9.78 Å². The number of hydrogen-bond acceptors (Lipinski definition) is 5. The summed E-state index contributed by atoms with van der Waals surface area (Å²) in [4.78, 5) is 24.5. The third kappa shape index (κ3) is 4.58. The molecule has 0 saturated carbocycles. The van der Waals surface area contributed by atoms with Crippen LogP contribution in [0.25, 0.3) is 22.0 Å². The molecule has 0 aliphatic rings. The van der Waals surface area contributed by atoms with Gasteiger partial charge in [-0.1, -0.05) is 30.3 Å². The van der Waals surface area contributed by atoms with Crippen molar-refractivity contribution in [2.75, 3.05) is 6.61 Å². The summed E-state index contributed by atoms with van der Waals surface area (Å²) >= 11 is 0. The summed E-state index contributed by atoms with van der Waals surface area (Å²) in [5.74, 6) is -0.00778. The lowest BCUT2D eigenvalue weighted by Gasteiger charge is -2.16. The van der Waals surface area contributed by atoms with Gasteiger partial charge in [0.1, 0.15) is 24.3 Å². The summed E-state index contributed by atoms with van der Waals surface area (Å²) in [7, 11) is 0. The molecule has 1 heterocycles. The second kappa shape index (κ2) is 9.11. The van der Waals surface area contributed by atoms with Gasteiger partial charge in [0.25, 0.3) is 5.56 Å². The average molecular weight is 432 g/mol. The highest BCUT2D eigenvalue weighted by Gasteiger charge is 2.15. The van der Waals surface area contributed by atoms with Crippen LogP contribution < -0.4 is 10.3 Å². The van der Waals surface area contributed by atoms with E-state index >= 15 is 0 Å². The summed E-state index contributed by atoms with van der Waals surface area (Å²) in [6, 6.07) is 19.6. The van der Waals surface area contributed by atoms with Crippen LogP contribution in [0.15, 0.2) is 77.6 Å². The van der Waals surface area contributed by atoms with Crippen LogP contribution in [0.3, 0.4) is 0 Å². The zero-order valence-corrected chi connectivity index (χ0v) is 17.4. The number of Topliss-reactive ketones (excluding diaryl/α,β-unsaturated/α-hetero) is 1. The molecule has 7 heteroatoms. The van der Waals surface area contributed by atoms with Gasteiger partial charge in [0.15, 0.2) is 5.78 Å². The van der Waals surface area contributed by atoms with Gasteiger partial charge in [-0.2, -0.15) is 5.10 Å². The average Bonchev–Trinajstić information content (AvgIpc) is 2.80. The number of rotatable bonds is 7. The number of ether oxygens (including phenoxy) is 1. The van der Waals surface area contributed by atoms with E-state index in [-0.39, 0.29) is 30.3 Å². The molecule has 0 amide bonds. The van der Waals surface area contributed by atoms with Crippen LogP contribution in [0.5, 0.6) is 5.75 Å². The number of halogens is 1. The second-order valence-corrected chi connectivity index (χ2v) is 7.44. The molecule has 1 atom stereocenters. The maximum absolute atomic E-state index is 13.4. The normalized spacial score (nSPS) is 12.0. The second-order valence-electron chi connectivity index (χ2n) is 7.44. The molecule has 1 aromatic heterocycles. The van der Waals surface area contributed by atoms with E-state index in [1.54, 1.807) is 60.7 Å². The topological polar surface area (TPSA) is 81.4 Å². The van der Waals surface area contributed by atoms with Gasteiger partial charge >= 0.3 is 0 Å². The smallest absolute Gasteiger partial charge is 0.274 e. The van der Waals surface area contributed by atoms with Crippen LogP contribution >= 0.6 is 0 Å². The number of carbonyl (C=O) groups excluding carboxylic acids is 1.